The second kappa shape index (κ2) is 7.59. The van der Waals surface area contributed by atoms with Gasteiger partial charge in [-0.05, 0) is 50.3 Å². The minimum atomic E-state index is 0.297. The Bertz CT molecular complexity index is 1050. The fourth-order valence-electron chi connectivity index (χ4n) is 4.49. The van der Waals surface area contributed by atoms with Gasteiger partial charge < -0.3 is 16.4 Å². The highest BCUT2D eigenvalue weighted by Crippen LogP contribution is 2.37. The monoisotopic (exact) mass is 427 g/mol. The highest BCUT2D eigenvalue weighted by Gasteiger charge is 2.37. The largest absolute Gasteiger partial charge is 0.382 e. The van der Waals surface area contributed by atoms with Gasteiger partial charge in [0.1, 0.15) is 22.2 Å². The van der Waals surface area contributed by atoms with Crippen LogP contribution in [0.3, 0.4) is 0 Å². The van der Waals surface area contributed by atoms with E-state index in [0.717, 1.165) is 34.1 Å². The highest BCUT2D eigenvalue weighted by atomic mass is 35.5. The van der Waals surface area contributed by atoms with Crippen molar-refractivity contribution in [2.24, 2.45) is 5.73 Å². The molecule has 0 amide bonds. The number of nitrogens with zero attached hydrogens (tertiary/aromatic N) is 5. The number of nitrogen functional groups attached to an aromatic ring is 1. The van der Waals surface area contributed by atoms with Gasteiger partial charge in [-0.3, -0.25) is 0 Å². The maximum atomic E-state index is 6.26. The Balaban J connectivity index is 1.43. The van der Waals surface area contributed by atoms with Crippen LogP contribution in [-0.2, 0) is 0 Å². The van der Waals surface area contributed by atoms with Crippen LogP contribution in [0, 0.1) is 0 Å². The zero-order chi connectivity index (χ0) is 20.0. The van der Waals surface area contributed by atoms with Crippen molar-refractivity contribution >= 4 is 46.2 Å². The summed E-state index contributed by atoms with van der Waals surface area (Å²) in [6.07, 6.45) is 9.16. The molecule has 2 saturated heterocycles. The number of rotatable bonds is 3. The minimum Gasteiger partial charge on any atom is -0.382 e. The van der Waals surface area contributed by atoms with Crippen molar-refractivity contribution in [3.05, 3.63) is 35.6 Å². The van der Waals surface area contributed by atoms with Crippen molar-refractivity contribution in [1.29, 1.82) is 0 Å². The van der Waals surface area contributed by atoms with E-state index in [9.17, 15) is 0 Å². The van der Waals surface area contributed by atoms with Crippen LogP contribution in [-0.4, -0.2) is 38.1 Å². The molecule has 5 rings (SSSR count). The van der Waals surface area contributed by atoms with Gasteiger partial charge in [0.05, 0.1) is 11.2 Å². The molecule has 150 valence electrons. The maximum absolute atomic E-state index is 6.26. The average Bonchev–Trinajstić information content (AvgIpc) is 2.70. The van der Waals surface area contributed by atoms with Gasteiger partial charge in [0, 0.05) is 29.2 Å². The summed E-state index contributed by atoms with van der Waals surface area (Å²) < 4.78 is 0. The first-order valence-corrected chi connectivity index (χ1v) is 11.0. The van der Waals surface area contributed by atoms with Gasteiger partial charge in [-0.1, -0.05) is 23.4 Å². The molecule has 29 heavy (non-hydrogen) atoms. The number of piperidine rings is 2. The Labute approximate surface area is 178 Å². The predicted molar refractivity (Wildman–Crippen MR) is 116 cm³/mol. The molecule has 0 aromatic carbocycles. The normalized spacial score (nSPS) is 24.1. The summed E-state index contributed by atoms with van der Waals surface area (Å²) in [7, 11) is 0. The Morgan fingerprint density at radius 1 is 1.07 bits per heavy atom. The van der Waals surface area contributed by atoms with Crippen LogP contribution in [0.1, 0.15) is 32.1 Å². The van der Waals surface area contributed by atoms with Crippen molar-refractivity contribution in [3.63, 3.8) is 0 Å². The Morgan fingerprint density at radius 2 is 1.86 bits per heavy atom. The summed E-state index contributed by atoms with van der Waals surface area (Å²) in [4.78, 5) is 21.4. The van der Waals surface area contributed by atoms with E-state index in [0.29, 0.717) is 34.6 Å². The van der Waals surface area contributed by atoms with Gasteiger partial charge in [0.2, 0.25) is 0 Å². The van der Waals surface area contributed by atoms with E-state index in [1.807, 2.05) is 24.4 Å². The number of anilines is 2. The molecule has 2 unspecified atom stereocenters. The van der Waals surface area contributed by atoms with Crippen LogP contribution in [0.25, 0.3) is 11.2 Å². The van der Waals surface area contributed by atoms with Crippen molar-refractivity contribution < 1.29 is 0 Å². The standard InChI is InChI=1S/C20H22ClN7S/c21-18-15(6-7-24-19(18)23)29-17-5-4-14-20(27-17)25-10-16(26-14)28-12-2-1-3-13(28)9-11(22)8-12/h4-7,10-13H,1-3,8-9,22H2,(H2,23,24). The van der Waals surface area contributed by atoms with Crippen LogP contribution in [0.15, 0.2) is 40.5 Å². The highest BCUT2D eigenvalue weighted by molar-refractivity contribution is 7.99. The van der Waals surface area contributed by atoms with E-state index in [2.05, 4.69) is 19.9 Å². The zero-order valence-corrected chi connectivity index (χ0v) is 17.4. The summed E-state index contributed by atoms with van der Waals surface area (Å²) in [5.74, 6) is 1.25. The Morgan fingerprint density at radius 3 is 2.66 bits per heavy atom. The predicted octanol–water partition coefficient (Wildman–Crippen LogP) is 3.66. The summed E-state index contributed by atoms with van der Waals surface area (Å²) in [5, 5.41) is 1.23. The third kappa shape index (κ3) is 3.60. The molecule has 0 aliphatic carbocycles. The zero-order valence-electron chi connectivity index (χ0n) is 15.8. The number of hydrogen-bond acceptors (Lipinski definition) is 8. The molecule has 2 bridgehead atoms. The molecule has 4 N–H and O–H groups in total. The van der Waals surface area contributed by atoms with E-state index >= 15 is 0 Å². The SMILES string of the molecule is Nc1nccc(Sc2ccc3nc(N4C5CCCC4CC(N)C5)cnc3n2)c1Cl. The number of fused-ring (bicyclic) bond motifs is 3. The lowest BCUT2D eigenvalue weighted by Gasteiger charge is -2.48. The van der Waals surface area contributed by atoms with Gasteiger partial charge in [-0.2, -0.15) is 0 Å². The number of hydrogen-bond donors (Lipinski definition) is 2. The third-order valence-corrected chi connectivity index (χ3v) is 7.24. The smallest absolute Gasteiger partial charge is 0.179 e. The number of nitrogens with two attached hydrogens (primary N) is 2. The maximum Gasteiger partial charge on any atom is 0.179 e. The first kappa shape index (κ1) is 18.8. The second-order valence-electron chi connectivity index (χ2n) is 7.71. The second-order valence-corrected chi connectivity index (χ2v) is 9.15. The first-order chi connectivity index (χ1) is 14.1. The van der Waals surface area contributed by atoms with E-state index < -0.39 is 0 Å². The molecule has 2 fully saturated rings. The molecule has 0 radical (unpaired) electrons. The molecule has 5 heterocycles. The molecule has 2 aliphatic heterocycles. The van der Waals surface area contributed by atoms with E-state index in [1.54, 1.807) is 6.20 Å². The first-order valence-electron chi connectivity index (χ1n) is 9.84. The van der Waals surface area contributed by atoms with Crippen molar-refractivity contribution in [3.8, 4) is 0 Å². The number of pyridine rings is 2. The third-order valence-electron chi connectivity index (χ3n) is 5.74. The van der Waals surface area contributed by atoms with Gasteiger partial charge in [-0.25, -0.2) is 19.9 Å². The Hall–Kier alpha value is -2.16. The van der Waals surface area contributed by atoms with Crippen LogP contribution in [0.2, 0.25) is 5.02 Å². The summed E-state index contributed by atoms with van der Waals surface area (Å²) in [6.45, 7) is 0. The van der Waals surface area contributed by atoms with E-state index in [1.165, 1.54) is 31.0 Å². The van der Waals surface area contributed by atoms with Crippen molar-refractivity contribution in [2.75, 3.05) is 10.6 Å². The van der Waals surface area contributed by atoms with Crippen LogP contribution >= 0.6 is 23.4 Å². The molecule has 2 aliphatic rings. The Kier molecular flexibility index (Phi) is 4.93. The number of halogens is 1. The summed E-state index contributed by atoms with van der Waals surface area (Å²) in [6, 6.07) is 6.95. The lowest BCUT2D eigenvalue weighted by Crippen LogP contribution is -2.55. The lowest BCUT2D eigenvalue weighted by molar-refractivity contribution is 0.269. The van der Waals surface area contributed by atoms with Gasteiger partial charge in [0.15, 0.2) is 5.65 Å². The quantitative estimate of drug-likeness (QED) is 0.652. The summed E-state index contributed by atoms with van der Waals surface area (Å²) >= 11 is 7.68. The topological polar surface area (TPSA) is 107 Å². The van der Waals surface area contributed by atoms with E-state index in [-0.39, 0.29) is 0 Å². The average molecular weight is 428 g/mol. The molecule has 2 atom stereocenters. The van der Waals surface area contributed by atoms with Crippen molar-refractivity contribution in [2.45, 2.75) is 60.2 Å². The van der Waals surface area contributed by atoms with Crippen LogP contribution in [0.5, 0.6) is 0 Å². The minimum absolute atomic E-state index is 0.297. The van der Waals surface area contributed by atoms with Gasteiger partial charge in [-0.15, -0.1) is 0 Å². The fourth-order valence-corrected chi connectivity index (χ4v) is 5.53. The lowest BCUT2D eigenvalue weighted by atomic mass is 9.82. The van der Waals surface area contributed by atoms with Crippen molar-refractivity contribution in [1.82, 2.24) is 19.9 Å². The van der Waals surface area contributed by atoms with Crippen LogP contribution in [0.4, 0.5) is 11.6 Å². The van der Waals surface area contributed by atoms with Gasteiger partial charge in [0.25, 0.3) is 0 Å². The molecule has 3 aromatic rings. The molecular formula is C20H22ClN7S. The fraction of sp³-hybridized carbons (Fsp3) is 0.400. The van der Waals surface area contributed by atoms with E-state index in [4.69, 9.17) is 28.1 Å². The molecule has 0 saturated carbocycles. The van der Waals surface area contributed by atoms with Gasteiger partial charge >= 0.3 is 0 Å². The van der Waals surface area contributed by atoms with Crippen LogP contribution < -0.4 is 16.4 Å². The molecule has 0 spiro atoms. The molecule has 9 heteroatoms. The molecular weight excluding hydrogens is 406 g/mol. The molecule has 3 aromatic heterocycles. The number of aromatic nitrogens is 4. The summed E-state index contributed by atoms with van der Waals surface area (Å²) in [5.41, 5.74) is 13.5. The molecule has 7 nitrogen and oxygen atoms in total.